The van der Waals surface area contributed by atoms with Crippen molar-refractivity contribution in [2.24, 2.45) is 0 Å². The quantitative estimate of drug-likeness (QED) is 0.906. The molecule has 1 N–H and O–H groups in total. The standard InChI is InChI=1S/C18H20N2O2/c21-18(20-13-7-2-8-14-20)19-16-11-5-6-12-17(16)22-15-9-3-1-4-10-15/h1,3-6,9-12H,2,7-8,13-14H2,(H,19,21). The van der Waals surface area contributed by atoms with E-state index in [1.807, 2.05) is 59.5 Å². The van der Waals surface area contributed by atoms with Crippen LogP contribution in [0.5, 0.6) is 11.5 Å². The van der Waals surface area contributed by atoms with E-state index >= 15 is 0 Å². The van der Waals surface area contributed by atoms with Gasteiger partial charge in [-0.3, -0.25) is 0 Å². The van der Waals surface area contributed by atoms with Gasteiger partial charge in [0.15, 0.2) is 5.75 Å². The third-order valence-corrected chi connectivity index (χ3v) is 3.74. The number of nitrogens with zero attached hydrogens (tertiary/aromatic N) is 1. The number of urea groups is 1. The number of nitrogens with one attached hydrogen (secondary N) is 1. The van der Waals surface area contributed by atoms with Gasteiger partial charge < -0.3 is 15.0 Å². The first-order valence-electron chi connectivity index (χ1n) is 7.71. The number of benzene rings is 2. The first-order chi connectivity index (χ1) is 10.8. The second-order valence-electron chi connectivity index (χ2n) is 5.39. The summed E-state index contributed by atoms with van der Waals surface area (Å²) in [7, 11) is 0. The third-order valence-electron chi connectivity index (χ3n) is 3.74. The largest absolute Gasteiger partial charge is 0.455 e. The van der Waals surface area contributed by atoms with E-state index in [1.54, 1.807) is 0 Å². The van der Waals surface area contributed by atoms with E-state index in [9.17, 15) is 4.79 Å². The Kier molecular flexibility index (Phi) is 4.59. The van der Waals surface area contributed by atoms with Gasteiger partial charge >= 0.3 is 6.03 Å². The molecule has 2 aromatic rings. The van der Waals surface area contributed by atoms with Gasteiger partial charge in [0.05, 0.1) is 5.69 Å². The molecule has 1 aliphatic rings. The van der Waals surface area contributed by atoms with Crippen LogP contribution in [0.2, 0.25) is 0 Å². The van der Waals surface area contributed by atoms with Crippen molar-refractivity contribution >= 4 is 11.7 Å². The fourth-order valence-corrected chi connectivity index (χ4v) is 2.57. The van der Waals surface area contributed by atoms with Gasteiger partial charge in [-0.15, -0.1) is 0 Å². The summed E-state index contributed by atoms with van der Waals surface area (Å²) in [5.41, 5.74) is 0.696. The smallest absolute Gasteiger partial charge is 0.321 e. The van der Waals surface area contributed by atoms with Crippen molar-refractivity contribution in [1.82, 2.24) is 4.90 Å². The highest BCUT2D eigenvalue weighted by molar-refractivity contribution is 5.91. The number of anilines is 1. The summed E-state index contributed by atoms with van der Waals surface area (Å²) in [5.74, 6) is 1.40. The molecule has 22 heavy (non-hydrogen) atoms. The van der Waals surface area contributed by atoms with Gasteiger partial charge in [0.2, 0.25) is 0 Å². The Balaban J connectivity index is 1.72. The molecule has 0 atom stereocenters. The lowest BCUT2D eigenvalue weighted by molar-refractivity contribution is 0.200. The van der Waals surface area contributed by atoms with E-state index < -0.39 is 0 Å². The van der Waals surface area contributed by atoms with Crippen molar-refractivity contribution in [3.8, 4) is 11.5 Å². The number of carbonyl (C=O) groups is 1. The number of para-hydroxylation sites is 3. The maximum absolute atomic E-state index is 12.3. The van der Waals surface area contributed by atoms with Gasteiger partial charge in [-0.25, -0.2) is 4.79 Å². The molecule has 3 rings (SSSR count). The van der Waals surface area contributed by atoms with Crippen LogP contribution in [-0.2, 0) is 0 Å². The molecule has 0 radical (unpaired) electrons. The Labute approximate surface area is 130 Å². The predicted molar refractivity (Wildman–Crippen MR) is 87.4 cm³/mol. The normalized spacial score (nSPS) is 14.5. The molecule has 4 heteroatoms. The van der Waals surface area contributed by atoms with Crippen LogP contribution in [0.3, 0.4) is 0 Å². The Morgan fingerprint density at radius 1 is 0.909 bits per heavy atom. The highest BCUT2D eigenvalue weighted by Crippen LogP contribution is 2.29. The van der Waals surface area contributed by atoms with E-state index in [0.717, 1.165) is 31.7 Å². The molecule has 1 heterocycles. The zero-order chi connectivity index (χ0) is 15.2. The van der Waals surface area contributed by atoms with Crippen molar-refractivity contribution < 1.29 is 9.53 Å². The zero-order valence-electron chi connectivity index (χ0n) is 12.5. The van der Waals surface area contributed by atoms with E-state index in [4.69, 9.17) is 4.74 Å². The van der Waals surface area contributed by atoms with Crippen LogP contribution in [0.15, 0.2) is 54.6 Å². The van der Waals surface area contributed by atoms with Crippen LogP contribution in [0.1, 0.15) is 19.3 Å². The van der Waals surface area contributed by atoms with E-state index in [1.165, 1.54) is 6.42 Å². The van der Waals surface area contributed by atoms with Crippen molar-refractivity contribution in [2.45, 2.75) is 19.3 Å². The molecular weight excluding hydrogens is 276 g/mol. The van der Waals surface area contributed by atoms with Crippen LogP contribution in [-0.4, -0.2) is 24.0 Å². The SMILES string of the molecule is O=C(Nc1ccccc1Oc1ccccc1)N1CCCCC1. The predicted octanol–water partition coefficient (Wildman–Crippen LogP) is 4.50. The molecular formula is C18H20N2O2. The molecule has 0 bridgehead atoms. The lowest BCUT2D eigenvalue weighted by atomic mass is 10.1. The van der Waals surface area contributed by atoms with Crippen LogP contribution in [0.25, 0.3) is 0 Å². The van der Waals surface area contributed by atoms with Crippen LogP contribution in [0.4, 0.5) is 10.5 Å². The lowest BCUT2D eigenvalue weighted by Crippen LogP contribution is -2.38. The third kappa shape index (κ3) is 3.58. The highest BCUT2D eigenvalue weighted by Gasteiger charge is 2.17. The molecule has 0 aliphatic carbocycles. The maximum atomic E-state index is 12.3. The average molecular weight is 296 g/mol. The minimum Gasteiger partial charge on any atom is -0.455 e. The molecule has 2 amide bonds. The van der Waals surface area contributed by atoms with Gasteiger partial charge in [-0.05, 0) is 43.5 Å². The summed E-state index contributed by atoms with van der Waals surface area (Å²) in [4.78, 5) is 14.2. The molecule has 1 aliphatic heterocycles. The van der Waals surface area contributed by atoms with Crippen molar-refractivity contribution in [3.63, 3.8) is 0 Å². The molecule has 1 saturated heterocycles. The monoisotopic (exact) mass is 296 g/mol. The summed E-state index contributed by atoms with van der Waals surface area (Å²) in [6.07, 6.45) is 3.36. The second kappa shape index (κ2) is 6.98. The summed E-state index contributed by atoms with van der Waals surface area (Å²) < 4.78 is 5.86. The number of ether oxygens (including phenoxy) is 1. The number of amides is 2. The first-order valence-corrected chi connectivity index (χ1v) is 7.71. The van der Waals surface area contributed by atoms with Gasteiger partial charge in [-0.1, -0.05) is 30.3 Å². The molecule has 0 spiro atoms. The van der Waals surface area contributed by atoms with Gasteiger partial charge in [-0.2, -0.15) is 0 Å². The van der Waals surface area contributed by atoms with Gasteiger partial charge in [0.1, 0.15) is 5.75 Å². The summed E-state index contributed by atoms with van der Waals surface area (Å²) in [5, 5.41) is 2.96. The summed E-state index contributed by atoms with van der Waals surface area (Å²) in [6.45, 7) is 1.65. The topological polar surface area (TPSA) is 41.6 Å². The Hall–Kier alpha value is -2.49. The fourth-order valence-electron chi connectivity index (χ4n) is 2.57. The molecule has 0 unspecified atom stereocenters. The number of hydrogen-bond donors (Lipinski definition) is 1. The van der Waals surface area contributed by atoms with E-state index in [2.05, 4.69) is 5.32 Å². The lowest BCUT2D eigenvalue weighted by Gasteiger charge is -2.27. The number of rotatable bonds is 3. The Bertz CT molecular complexity index is 622. The Morgan fingerprint density at radius 3 is 2.36 bits per heavy atom. The minimum absolute atomic E-state index is 0.0520. The average Bonchev–Trinajstić information content (AvgIpc) is 2.58. The number of likely N-dealkylation sites (tertiary alicyclic amines) is 1. The molecule has 2 aromatic carbocycles. The molecule has 0 aromatic heterocycles. The molecule has 114 valence electrons. The fraction of sp³-hybridized carbons (Fsp3) is 0.278. The van der Waals surface area contributed by atoms with Crippen molar-refractivity contribution in [2.75, 3.05) is 18.4 Å². The highest BCUT2D eigenvalue weighted by atomic mass is 16.5. The minimum atomic E-state index is -0.0520. The number of piperidine rings is 1. The Morgan fingerprint density at radius 2 is 1.59 bits per heavy atom. The second-order valence-corrected chi connectivity index (χ2v) is 5.39. The molecule has 4 nitrogen and oxygen atoms in total. The number of carbonyl (C=O) groups excluding carboxylic acids is 1. The van der Waals surface area contributed by atoms with Gasteiger partial charge in [0, 0.05) is 13.1 Å². The van der Waals surface area contributed by atoms with Gasteiger partial charge in [0.25, 0.3) is 0 Å². The molecule has 1 fully saturated rings. The van der Waals surface area contributed by atoms with Crippen LogP contribution >= 0.6 is 0 Å². The van der Waals surface area contributed by atoms with Crippen molar-refractivity contribution in [3.05, 3.63) is 54.6 Å². The summed E-state index contributed by atoms with van der Waals surface area (Å²) in [6, 6.07) is 17.0. The summed E-state index contributed by atoms with van der Waals surface area (Å²) >= 11 is 0. The zero-order valence-corrected chi connectivity index (χ0v) is 12.5. The van der Waals surface area contributed by atoms with E-state index in [0.29, 0.717) is 11.4 Å². The molecule has 0 saturated carbocycles. The van der Waals surface area contributed by atoms with Crippen molar-refractivity contribution in [1.29, 1.82) is 0 Å². The van der Waals surface area contributed by atoms with E-state index in [-0.39, 0.29) is 6.03 Å². The maximum Gasteiger partial charge on any atom is 0.321 e. The first kappa shape index (κ1) is 14.4. The van der Waals surface area contributed by atoms with Crippen LogP contribution < -0.4 is 10.1 Å². The van der Waals surface area contributed by atoms with Crippen LogP contribution in [0, 0.1) is 0 Å². The number of hydrogen-bond acceptors (Lipinski definition) is 2.